The lowest BCUT2D eigenvalue weighted by Crippen LogP contribution is -2.59. The van der Waals surface area contributed by atoms with Crippen molar-refractivity contribution in [3.05, 3.63) is 53.6 Å². The maximum absolute atomic E-state index is 14.9. The maximum Gasteiger partial charge on any atom is 0.419 e. The normalized spacial score (nSPS) is 17.7. The zero-order chi connectivity index (χ0) is 28.5. The van der Waals surface area contributed by atoms with Crippen molar-refractivity contribution in [3.63, 3.8) is 0 Å². The molecule has 2 heterocycles. The topological polar surface area (TPSA) is 90.8 Å². The second kappa shape index (κ2) is 10.9. The molecule has 1 aliphatic rings. The molecule has 38 heavy (non-hydrogen) atoms. The van der Waals surface area contributed by atoms with Crippen LogP contribution in [-0.4, -0.2) is 68.2 Å². The van der Waals surface area contributed by atoms with Crippen molar-refractivity contribution in [1.29, 1.82) is 0 Å². The van der Waals surface area contributed by atoms with Gasteiger partial charge in [0.2, 0.25) is 22.8 Å². The molecule has 3 rings (SSSR count). The molecule has 1 fully saturated rings. The van der Waals surface area contributed by atoms with E-state index in [0.29, 0.717) is 26.2 Å². The van der Waals surface area contributed by atoms with E-state index in [1.165, 1.54) is 0 Å². The summed E-state index contributed by atoms with van der Waals surface area (Å²) in [6.07, 6.45) is -3.26. The van der Waals surface area contributed by atoms with Crippen molar-refractivity contribution >= 4 is 23.4 Å². The van der Waals surface area contributed by atoms with E-state index in [1.54, 1.807) is 51.3 Å². The highest BCUT2D eigenvalue weighted by molar-refractivity contribution is 7.90. The molecule has 1 aliphatic heterocycles. The van der Waals surface area contributed by atoms with Crippen LogP contribution in [0.4, 0.5) is 28.3 Å². The highest BCUT2D eigenvalue weighted by atomic mass is 32.2. The van der Waals surface area contributed by atoms with Crippen LogP contribution in [0.25, 0.3) is 0 Å². The number of nitrogens with one attached hydrogen (secondary N) is 1. The number of halogens is 4. The van der Waals surface area contributed by atoms with Crippen LogP contribution >= 0.6 is 0 Å². The highest BCUT2D eigenvalue weighted by Gasteiger charge is 2.63. The smallest absolute Gasteiger partial charge is 0.419 e. The summed E-state index contributed by atoms with van der Waals surface area (Å²) in [5.74, 6) is -0.493. The molecule has 1 aromatic heterocycles. The third-order valence-corrected chi connectivity index (χ3v) is 7.48. The van der Waals surface area contributed by atoms with Gasteiger partial charge in [0.05, 0.1) is 0 Å². The Labute approximate surface area is 223 Å². The number of alkyl halides is 3. The van der Waals surface area contributed by atoms with E-state index in [9.17, 15) is 26.9 Å². The van der Waals surface area contributed by atoms with E-state index in [-0.39, 0.29) is 17.1 Å². The van der Waals surface area contributed by atoms with Crippen molar-refractivity contribution in [1.82, 2.24) is 19.6 Å². The Hall–Kier alpha value is -2.64. The van der Waals surface area contributed by atoms with E-state index in [4.69, 9.17) is 4.74 Å². The minimum atomic E-state index is -4.95. The minimum absolute atomic E-state index is 0.201. The number of hydrogen-bond acceptors (Lipinski definition) is 7. The predicted octanol–water partition coefficient (Wildman–Crippen LogP) is 4.87. The van der Waals surface area contributed by atoms with Gasteiger partial charge in [0.15, 0.2) is 4.75 Å². The number of piperazine rings is 1. The van der Waals surface area contributed by atoms with E-state index in [1.807, 2.05) is 0 Å². The van der Waals surface area contributed by atoms with Crippen molar-refractivity contribution in [2.75, 3.05) is 31.1 Å². The molecule has 0 bridgehead atoms. The second-order valence-corrected chi connectivity index (χ2v) is 13.0. The Morgan fingerprint density at radius 3 is 1.92 bits per heavy atom. The summed E-state index contributed by atoms with van der Waals surface area (Å²) in [5, 5.41) is 0. The van der Waals surface area contributed by atoms with Gasteiger partial charge in [-0.3, -0.25) is 0 Å². The molecule has 0 saturated carbocycles. The summed E-state index contributed by atoms with van der Waals surface area (Å²) in [6.45, 7) is 11.5. The average Bonchev–Trinajstić information content (AvgIpc) is 2.81. The van der Waals surface area contributed by atoms with E-state index >= 15 is 0 Å². The van der Waals surface area contributed by atoms with Gasteiger partial charge in [-0.2, -0.15) is 17.7 Å². The van der Waals surface area contributed by atoms with E-state index < -0.39 is 45.3 Å². The van der Waals surface area contributed by atoms with Crippen LogP contribution in [0.2, 0.25) is 0 Å². The van der Waals surface area contributed by atoms with Gasteiger partial charge in [0, 0.05) is 44.1 Å². The summed E-state index contributed by atoms with van der Waals surface area (Å²) in [7, 11) is 0. The number of nitrogens with zero attached hydrogens (tertiary/aromatic N) is 4. The van der Waals surface area contributed by atoms with Gasteiger partial charge in [-0.1, -0.05) is 16.9 Å². The first-order chi connectivity index (χ1) is 17.4. The molecule has 1 aromatic carbocycles. The number of hydrogen-bond donors (Lipinski definition) is 2. The van der Waals surface area contributed by atoms with E-state index in [0.717, 1.165) is 36.7 Å². The van der Waals surface area contributed by atoms with Crippen LogP contribution in [-0.2, 0) is 21.6 Å². The first-order valence-electron chi connectivity index (χ1n) is 12.0. The van der Waals surface area contributed by atoms with Crippen molar-refractivity contribution in [3.8, 4) is 0 Å². The maximum atomic E-state index is 14.9. The third-order valence-electron chi connectivity index (χ3n) is 5.82. The summed E-state index contributed by atoms with van der Waals surface area (Å²) < 4.78 is 75.9. The van der Waals surface area contributed by atoms with Gasteiger partial charge in [-0.25, -0.2) is 19.2 Å². The fraction of sp³-hybridized carbons (Fsp3) is 0.560. The lowest BCUT2D eigenvalue weighted by molar-refractivity contribution is -0.182. The number of carbonyl (C=O) groups is 1. The number of carbonyl (C=O) groups excluding carboxylic acids is 1. The predicted molar refractivity (Wildman–Crippen MR) is 138 cm³/mol. The third kappa shape index (κ3) is 6.67. The van der Waals surface area contributed by atoms with Gasteiger partial charge in [-0.05, 0) is 59.2 Å². The first-order valence-corrected chi connectivity index (χ1v) is 13.2. The number of amides is 1. The lowest BCUT2D eigenvalue weighted by atomic mass is 9.84. The number of aromatic nitrogens is 2. The van der Waals surface area contributed by atoms with Crippen molar-refractivity contribution in [2.45, 2.75) is 63.6 Å². The Kier molecular flexibility index (Phi) is 8.54. The van der Waals surface area contributed by atoms with Crippen LogP contribution < -0.4 is 9.62 Å². The quantitative estimate of drug-likeness (QED) is 0.398. The number of ether oxygens (including phenoxy) is 1. The fourth-order valence-electron chi connectivity index (χ4n) is 3.76. The Morgan fingerprint density at radius 2 is 1.47 bits per heavy atom. The summed E-state index contributed by atoms with van der Waals surface area (Å²) in [5.41, 5.74) is -4.20. The number of anilines is 1. The van der Waals surface area contributed by atoms with Crippen molar-refractivity contribution < 1.29 is 31.6 Å². The zero-order valence-electron chi connectivity index (χ0n) is 22.3. The molecular weight excluding hydrogens is 526 g/mol. The summed E-state index contributed by atoms with van der Waals surface area (Å²) in [4.78, 5) is 24.1. The second-order valence-electron chi connectivity index (χ2n) is 11.0. The Balaban J connectivity index is 1.92. The van der Waals surface area contributed by atoms with Crippen LogP contribution in [0.3, 0.4) is 0 Å². The molecule has 1 amide bonds. The van der Waals surface area contributed by atoms with Gasteiger partial charge < -0.3 is 14.5 Å². The van der Waals surface area contributed by atoms with Gasteiger partial charge >= 0.3 is 12.3 Å². The van der Waals surface area contributed by atoms with Gasteiger partial charge in [0.25, 0.3) is 0 Å². The molecule has 2 aromatic rings. The standard InChI is InChI=1S/C25H34F4N5O3S/c1-22(2,3)37-21(35)34-13-11-33(12-14-34)20-30-15-18(16-31-20)24(25(27,28)29,32-38(36)23(4,5)6)17-7-9-19(26)10-8-17/h7-10,15-16,32,36H,11-14H2,1-6H3/q+1/t24-,38?/m0/s1. The lowest BCUT2D eigenvalue weighted by Gasteiger charge is -2.37. The monoisotopic (exact) mass is 560 g/mol. The molecule has 13 heteroatoms. The van der Waals surface area contributed by atoms with Crippen molar-refractivity contribution in [2.24, 2.45) is 0 Å². The SMILES string of the molecule is CC(C)(C)OC(=O)N1CCN(c2ncc([C@@](N[S+](O)C(C)(C)C)(c3ccc(F)cc3)C(F)(F)F)cn2)CC1. The molecule has 2 atom stereocenters. The summed E-state index contributed by atoms with van der Waals surface area (Å²) >= 11 is -1.91. The molecule has 210 valence electrons. The highest BCUT2D eigenvalue weighted by Crippen LogP contribution is 2.45. The van der Waals surface area contributed by atoms with Gasteiger partial charge in [0.1, 0.15) is 11.4 Å². The first kappa shape index (κ1) is 29.9. The Bertz CT molecular complexity index is 1100. The summed E-state index contributed by atoms with van der Waals surface area (Å²) in [6, 6.07) is 3.92. The van der Waals surface area contributed by atoms with Crippen LogP contribution in [0, 0.1) is 5.82 Å². The molecule has 0 aliphatic carbocycles. The van der Waals surface area contributed by atoms with Crippen LogP contribution in [0.15, 0.2) is 36.7 Å². The van der Waals surface area contributed by atoms with E-state index in [2.05, 4.69) is 14.7 Å². The molecule has 1 saturated heterocycles. The minimum Gasteiger partial charge on any atom is -0.444 e. The average molecular weight is 561 g/mol. The largest absolute Gasteiger partial charge is 0.444 e. The Morgan fingerprint density at radius 1 is 0.947 bits per heavy atom. The zero-order valence-corrected chi connectivity index (χ0v) is 23.1. The molecular formula is C25H34F4N5O3S+. The molecule has 2 N–H and O–H groups in total. The molecule has 0 spiro atoms. The van der Waals surface area contributed by atoms with Crippen LogP contribution in [0.1, 0.15) is 52.7 Å². The van der Waals surface area contributed by atoms with Gasteiger partial charge in [-0.15, -0.1) is 0 Å². The molecule has 1 unspecified atom stereocenters. The van der Waals surface area contributed by atoms with Crippen LogP contribution in [0.5, 0.6) is 0 Å². The number of rotatable bonds is 5. The molecule has 0 radical (unpaired) electrons. The number of benzene rings is 1. The molecule has 8 nitrogen and oxygen atoms in total. The fourth-order valence-corrected chi connectivity index (χ4v) is 4.71.